The number of benzene rings is 1. The van der Waals surface area contributed by atoms with Crippen LogP contribution in [0.25, 0.3) is 0 Å². The maximum Gasteiger partial charge on any atom is 0.0768 e. The van der Waals surface area contributed by atoms with Gasteiger partial charge in [-0.25, -0.2) is 4.31 Å². The van der Waals surface area contributed by atoms with E-state index in [-0.39, 0.29) is 0 Å². The average Bonchev–Trinajstić information content (AvgIpc) is 3.08. The standard InChI is InChI=1S/C16H19NS3/c1-13-11-15(20-17-9-5-6-10-17)19-16(13)18-12-14-7-3-2-4-8-14/h2-4,7-8,11H,5-6,9-10,12H2,1H3. The first-order valence-electron chi connectivity index (χ1n) is 7.01. The molecule has 0 spiro atoms. The second kappa shape index (κ2) is 7.03. The number of rotatable bonds is 5. The van der Waals surface area contributed by atoms with Crippen molar-refractivity contribution < 1.29 is 0 Å². The zero-order chi connectivity index (χ0) is 13.8. The minimum Gasteiger partial charge on any atom is -0.246 e. The third-order valence-electron chi connectivity index (χ3n) is 3.35. The molecule has 1 aliphatic rings. The van der Waals surface area contributed by atoms with Crippen molar-refractivity contribution in [2.45, 2.75) is 33.9 Å². The van der Waals surface area contributed by atoms with Gasteiger partial charge in [0.15, 0.2) is 0 Å². The topological polar surface area (TPSA) is 3.24 Å². The monoisotopic (exact) mass is 321 g/mol. The lowest BCUT2D eigenvalue weighted by Gasteiger charge is -2.10. The SMILES string of the molecule is Cc1cc(SN2CCCC2)sc1SCc1ccccc1. The summed E-state index contributed by atoms with van der Waals surface area (Å²) >= 11 is 5.86. The zero-order valence-corrected chi connectivity index (χ0v) is 14.1. The molecule has 0 amide bonds. The molecule has 1 nitrogen and oxygen atoms in total. The lowest BCUT2D eigenvalue weighted by molar-refractivity contribution is 0.587. The molecule has 1 fully saturated rings. The maximum atomic E-state index is 2.50. The second-order valence-electron chi connectivity index (χ2n) is 5.04. The van der Waals surface area contributed by atoms with E-state index in [0.717, 1.165) is 5.75 Å². The molecule has 1 aromatic carbocycles. The van der Waals surface area contributed by atoms with Crippen LogP contribution in [0, 0.1) is 6.92 Å². The van der Waals surface area contributed by atoms with Crippen LogP contribution in [-0.4, -0.2) is 17.4 Å². The fourth-order valence-corrected chi connectivity index (χ4v) is 6.15. The van der Waals surface area contributed by atoms with Crippen LogP contribution in [0.3, 0.4) is 0 Å². The van der Waals surface area contributed by atoms with E-state index < -0.39 is 0 Å². The van der Waals surface area contributed by atoms with Gasteiger partial charge in [-0.2, -0.15) is 0 Å². The second-order valence-corrected chi connectivity index (χ2v) is 8.73. The Labute approximate surface area is 133 Å². The van der Waals surface area contributed by atoms with Gasteiger partial charge in [0.25, 0.3) is 0 Å². The minimum atomic E-state index is 1.07. The van der Waals surface area contributed by atoms with Crippen molar-refractivity contribution in [3.05, 3.63) is 47.5 Å². The molecule has 20 heavy (non-hydrogen) atoms. The highest BCUT2D eigenvalue weighted by Crippen LogP contribution is 2.40. The molecule has 0 radical (unpaired) electrons. The zero-order valence-electron chi connectivity index (χ0n) is 11.7. The third-order valence-corrected chi connectivity index (χ3v) is 7.23. The number of nitrogens with zero attached hydrogens (tertiary/aromatic N) is 1. The highest BCUT2D eigenvalue weighted by Gasteiger charge is 2.15. The molecule has 0 aliphatic carbocycles. The number of hydrogen-bond donors (Lipinski definition) is 0. The van der Waals surface area contributed by atoms with Gasteiger partial charge >= 0.3 is 0 Å². The lowest BCUT2D eigenvalue weighted by atomic mass is 10.2. The summed E-state index contributed by atoms with van der Waals surface area (Å²) in [5, 5.41) is 0. The Balaban J connectivity index is 1.60. The molecule has 106 valence electrons. The van der Waals surface area contributed by atoms with Gasteiger partial charge < -0.3 is 0 Å². The molecular weight excluding hydrogens is 302 g/mol. The number of thiophene rings is 1. The van der Waals surface area contributed by atoms with E-state index >= 15 is 0 Å². The Morgan fingerprint density at radius 3 is 2.65 bits per heavy atom. The van der Waals surface area contributed by atoms with Gasteiger partial charge in [-0.1, -0.05) is 30.3 Å². The Morgan fingerprint density at radius 2 is 1.90 bits per heavy atom. The van der Waals surface area contributed by atoms with Crippen LogP contribution >= 0.6 is 35.0 Å². The van der Waals surface area contributed by atoms with Crippen LogP contribution in [0.5, 0.6) is 0 Å². The summed E-state index contributed by atoms with van der Waals surface area (Å²) in [6.07, 6.45) is 2.71. The molecule has 1 aromatic heterocycles. The Hall–Kier alpha value is -0.420. The van der Waals surface area contributed by atoms with Crippen LogP contribution in [0.15, 0.2) is 44.8 Å². The molecule has 2 aromatic rings. The Bertz CT molecular complexity index is 544. The smallest absolute Gasteiger partial charge is 0.0768 e. The molecule has 0 saturated carbocycles. The summed E-state index contributed by atoms with van der Waals surface area (Å²) in [5.41, 5.74) is 2.83. The van der Waals surface area contributed by atoms with E-state index in [2.05, 4.69) is 47.6 Å². The highest BCUT2D eigenvalue weighted by atomic mass is 32.2. The molecule has 0 atom stereocenters. The fourth-order valence-electron chi connectivity index (χ4n) is 2.26. The number of aryl methyl sites for hydroxylation is 1. The summed E-state index contributed by atoms with van der Waals surface area (Å²) in [5.74, 6) is 1.07. The van der Waals surface area contributed by atoms with Gasteiger partial charge in [-0.05, 0) is 48.9 Å². The van der Waals surface area contributed by atoms with E-state index in [1.807, 2.05) is 35.0 Å². The van der Waals surface area contributed by atoms with Gasteiger partial charge in [0.05, 0.1) is 8.42 Å². The highest BCUT2D eigenvalue weighted by molar-refractivity contribution is 8.02. The summed E-state index contributed by atoms with van der Waals surface area (Å²) in [6, 6.07) is 13.1. The molecular formula is C16H19NS3. The predicted octanol–water partition coefficient (Wildman–Crippen LogP) is 5.45. The van der Waals surface area contributed by atoms with Crippen molar-refractivity contribution in [3.63, 3.8) is 0 Å². The predicted molar refractivity (Wildman–Crippen MR) is 91.7 cm³/mol. The molecule has 0 bridgehead atoms. The molecule has 4 heteroatoms. The van der Waals surface area contributed by atoms with Gasteiger partial charge in [0, 0.05) is 18.8 Å². The van der Waals surface area contributed by atoms with Crippen molar-refractivity contribution in [2.75, 3.05) is 13.1 Å². The summed E-state index contributed by atoms with van der Waals surface area (Å²) in [6.45, 7) is 4.72. The third kappa shape index (κ3) is 3.82. The minimum absolute atomic E-state index is 1.07. The maximum absolute atomic E-state index is 2.50. The van der Waals surface area contributed by atoms with Crippen molar-refractivity contribution in [2.24, 2.45) is 0 Å². The van der Waals surface area contributed by atoms with E-state index in [9.17, 15) is 0 Å². The largest absolute Gasteiger partial charge is 0.246 e. The first-order valence-corrected chi connectivity index (χ1v) is 9.59. The van der Waals surface area contributed by atoms with E-state index in [1.165, 1.54) is 45.5 Å². The number of hydrogen-bond acceptors (Lipinski definition) is 4. The van der Waals surface area contributed by atoms with Crippen molar-refractivity contribution >= 4 is 35.0 Å². The molecule has 1 saturated heterocycles. The van der Waals surface area contributed by atoms with Crippen LogP contribution in [-0.2, 0) is 5.75 Å². The van der Waals surface area contributed by atoms with Crippen molar-refractivity contribution in [1.82, 2.24) is 4.31 Å². The van der Waals surface area contributed by atoms with Gasteiger partial charge in [0.1, 0.15) is 0 Å². The summed E-state index contributed by atoms with van der Waals surface area (Å²) in [7, 11) is 0. The number of thioether (sulfide) groups is 1. The van der Waals surface area contributed by atoms with Crippen molar-refractivity contribution in [1.29, 1.82) is 0 Å². The molecule has 1 aliphatic heterocycles. The first-order chi connectivity index (χ1) is 9.81. The van der Waals surface area contributed by atoms with Crippen LogP contribution in [0.4, 0.5) is 0 Å². The Morgan fingerprint density at radius 1 is 1.15 bits per heavy atom. The van der Waals surface area contributed by atoms with E-state index in [0.29, 0.717) is 0 Å². The fraction of sp³-hybridized carbons (Fsp3) is 0.375. The first kappa shape index (κ1) is 14.5. The van der Waals surface area contributed by atoms with Crippen molar-refractivity contribution in [3.8, 4) is 0 Å². The normalized spacial score (nSPS) is 15.8. The Kier molecular flexibility index (Phi) is 5.10. The molecule has 0 unspecified atom stereocenters. The van der Waals surface area contributed by atoms with Crippen LogP contribution in [0.1, 0.15) is 24.0 Å². The van der Waals surface area contributed by atoms with Gasteiger partial charge in [-0.3, -0.25) is 0 Å². The van der Waals surface area contributed by atoms with E-state index in [1.54, 1.807) is 0 Å². The summed E-state index contributed by atoms with van der Waals surface area (Å²) < 4.78 is 5.41. The lowest BCUT2D eigenvalue weighted by Crippen LogP contribution is -2.07. The summed E-state index contributed by atoms with van der Waals surface area (Å²) in [4.78, 5) is 0. The average molecular weight is 322 g/mol. The molecule has 3 rings (SSSR count). The molecule has 0 N–H and O–H groups in total. The van der Waals surface area contributed by atoms with Crippen LogP contribution in [0.2, 0.25) is 0 Å². The van der Waals surface area contributed by atoms with Gasteiger partial charge in [0.2, 0.25) is 0 Å². The van der Waals surface area contributed by atoms with E-state index in [4.69, 9.17) is 0 Å². The molecule has 2 heterocycles. The van der Waals surface area contributed by atoms with Crippen LogP contribution < -0.4 is 0 Å². The quantitative estimate of drug-likeness (QED) is 0.532. The van der Waals surface area contributed by atoms with Gasteiger partial charge in [-0.15, -0.1) is 23.1 Å².